The van der Waals surface area contributed by atoms with Crippen molar-refractivity contribution >= 4 is 5.91 Å². The summed E-state index contributed by atoms with van der Waals surface area (Å²) in [6, 6.07) is 1.90. The lowest BCUT2D eigenvalue weighted by Crippen LogP contribution is -2.52. The summed E-state index contributed by atoms with van der Waals surface area (Å²) in [5, 5.41) is 10.4. The molecule has 2 saturated heterocycles. The van der Waals surface area contributed by atoms with Gasteiger partial charge in [-0.15, -0.1) is 0 Å². The molecule has 4 heteroatoms. The van der Waals surface area contributed by atoms with E-state index in [0.717, 1.165) is 24.9 Å². The fraction of sp³-hybridized carbons (Fsp3) is 0.929. The first-order chi connectivity index (χ1) is 8.83. The standard InChI is InChI=1S/C14H25N3O/c18-14-7-6-10(9-16-14)17-13-4-1-3-11(13)12-5-2-8-15-12/h10-13,15,17H,1-9H2,(H,16,18). The van der Waals surface area contributed by atoms with E-state index >= 15 is 0 Å². The van der Waals surface area contributed by atoms with Crippen LogP contribution in [0.5, 0.6) is 0 Å². The molecule has 3 aliphatic rings. The lowest BCUT2D eigenvalue weighted by Gasteiger charge is -2.32. The zero-order valence-corrected chi connectivity index (χ0v) is 11.1. The van der Waals surface area contributed by atoms with Crippen LogP contribution in [0.2, 0.25) is 0 Å². The van der Waals surface area contributed by atoms with Crippen molar-refractivity contribution in [1.29, 1.82) is 0 Å². The van der Waals surface area contributed by atoms with E-state index in [0.29, 0.717) is 18.5 Å². The Labute approximate surface area is 109 Å². The molecule has 0 radical (unpaired) electrons. The van der Waals surface area contributed by atoms with Gasteiger partial charge in [-0.25, -0.2) is 0 Å². The molecule has 0 aromatic rings. The van der Waals surface area contributed by atoms with E-state index in [1.54, 1.807) is 0 Å². The molecule has 1 saturated carbocycles. The van der Waals surface area contributed by atoms with E-state index in [2.05, 4.69) is 16.0 Å². The summed E-state index contributed by atoms with van der Waals surface area (Å²) in [6.45, 7) is 2.02. The van der Waals surface area contributed by atoms with Gasteiger partial charge in [-0.05, 0) is 44.6 Å². The quantitative estimate of drug-likeness (QED) is 0.694. The topological polar surface area (TPSA) is 53.2 Å². The molecule has 0 bridgehead atoms. The summed E-state index contributed by atoms with van der Waals surface area (Å²) in [4.78, 5) is 11.2. The van der Waals surface area contributed by atoms with Gasteiger partial charge in [0.1, 0.15) is 0 Å². The first-order valence-corrected chi connectivity index (χ1v) is 7.59. The van der Waals surface area contributed by atoms with Crippen molar-refractivity contribution in [3.63, 3.8) is 0 Å². The first-order valence-electron chi connectivity index (χ1n) is 7.59. The molecule has 3 N–H and O–H groups in total. The minimum Gasteiger partial charge on any atom is -0.355 e. The Bertz CT molecular complexity index is 291. The smallest absolute Gasteiger partial charge is 0.220 e. The molecule has 1 amide bonds. The summed E-state index contributed by atoms with van der Waals surface area (Å²) in [6.07, 6.45) is 8.43. The molecule has 0 spiro atoms. The molecule has 4 atom stereocenters. The predicted molar refractivity (Wildman–Crippen MR) is 71.3 cm³/mol. The number of amides is 1. The molecule has 18 heavy (non-hydrogen) atoms. The molecule has 102 valence electrons. The van der Waals surface area contributed by atoms with Crippen LogP contribution in [0.15, 0.2) is 0 Å². The Morgan fingerprint density at radius 1 is 1.11 bits per heavy atom. The van der Waals surface area contributed by atoms with Gasteiger partial charge in [-0.3, -0.25) is 4.79 Å². The van der Waals surface area contributed by atoms with Crippen LogP contribution in [0.4, 0.5) is 0 Å². The Morgan fingerprint density at radius 3 is 2.78 bits per heavy atom. The summed E-state index contributed by atoms with van der Waals surface area (Å²) in [5.41, 5.74) is 0. The zero-order chi connectivity index (χ0) is 12.4. The molecular weight excluding hydrogens is 226 g/mol. The van der Waals surface area contributed by atoms with Gasteiger partial charge in [0.2, 0.25) is 5.91 Å². The van der Waals surface area contributed by atoms with Crippen molar-refractivity contribution in [2.45, 2.75) is 63.1 Å². The number of carbonyl (C=O) groups is 1. The van der Waals surface area contributed by atoms with Gasteiger partial charge in [0.15, 0.2) is 0 Å². The maximum atomic E-state index is 11.2. The van der Waals surface area contributed by atoms with Crippen LogP contribution < -0.4 is 16.0 Å². The van der Waals surface area contributed by atoms with Crippen molar-refractivity contribution in [2.75, 3.05) is 13.1 Å². The molecule has 0 aromatic carbocycles. The van der Waals surface area contributed by atoms with E-state index in [4.69, 9.17) is 0 Å². The van der Waals surface area contributed by atoms with Gasteiger partial charge in [-0.2, -0.15) is 0 Å². The van der Waals surface area contributed by atoms with Crippen LogP contribution in [0.1, 0.15) is 44.9 Å². The van der Waals surface area contributed by atoms with Crippen molar-refractivity contribution in [2.24, 2.45) is 5.92 Å². The fourth-order valence-electron chi connectivity index (χ4n) is 3.93. The minimum atomic E-state index is 0.216. The molecule has 2 aliphatic heterocycles. The van der Waals surface area contributed by atoms with E-state index in [-0.39, 0.29) is 5.91 Å². The highest BCUT2D eigenvalue weighted by molar-refractivity contribution is 5.76. The third-order valence-corrected chi connectivity index (χ3v) is 4.90. The van der Waals surface area contributed by atoms with E-state index in [9.17, 15) is 4.79 Å². The first kappa shape index (κ1) is 12.4. The number of nitrogens with one attached hydrogen (secondary N) is 3. The molecule has 1 aliphatic carbocycles. The van der Waals surface area contributed by atoms with Gasteiger partial charge in [0, 0.05) is 31.1 Å². The Kier molecular flexibility index (Phi) is 3.85. The maximum Gasteiger partial charge on any atom is 0.220 e. The highest BCUT2D eigenvalue weighted by Gasteiger charge is 2.36. The van der Waals surface area contributed by atoms with E-state index in [1.807, 2.05) is 0 Å². The second-order valence-corrected chi connectivity index (χ2v) is 6.11. The van der Waals surface area contributed by atoms with Gasteiger partial charge in [0.25, 0.3) is 0 Å². The number of carbonyl (C=O) groups excluding carboxylic acids is 1. The molecule has 4 nitrogen and oxygen atoms in total. The molecule has 4 unspecified atom stereocenters. The van der Waals surface area contributed by atoms with Crippen LogP contribution in [-0.2, 0) is 4.79 Å². The fourth-order valence-corrected chi connectivity index (χ4v) is 3.93. The molecule has 3 fully saturated rings. The van der Waals surface area contributed by atoms with Crippen LogP contribution in [0.3, 0.4) is 0 Å². The SMILES string of the molecule is O=C1CCC(NC2CCCC2C2CCCN2)CN1. The summed E-state index contributed by atoms with van der Waals surface area (Å²) in [5.74, 6) is 1.03. The van der Waals surface area contributed by atoms with Crippen LogP contribution >= 0.6 is 0 Å². The highest BCUT2D eigenvalue weighted by atomic mass is 16.1. The predicted octanol–water partition coefficient (Wildman–Crippen LogP) is 0.775. The number of hydrogen-bond acceptors (Lipinski definition) is 3. The van der Waals surface area contributed by atoms with Gasteiger partial charge < -0.3 is 16.0 Å². The molecule has 0 aromatic heterocycles. The lowest BCUT2D eigenvalue weighted by molar-refractivity contribution is -0.122. The Hall–Kier alpha value is -0.610. The van der Waals surface area contributed by atoms with E-state index in [1.165, 1.54) is 38.6 Å². The van der Waals surface area contributed by atoms with Gasteiger partial charge >= 0.3 is 0 Å². The Morgan fingerprint density at radius 2 is 2.06 bits per heavy atom. The second kappa shape index (κ2) is 5.57. The Balaban J connectivity index is 1.53. The number of piperidine rings is 1. The monoisotopic (exact) mass is 251 g/mol. The largest absolute Gasteiger partial charge is 0.355 e. The van der Waals surface area contributed by atoms with Crippen LogP contribution in [-0.4, -0.2) is 37.1 Å². The van der Waals surface area contributed by atoms with Crippen molar-refractivity contribution in [1.82, 2.24) is 16.0 Å². The highest BCUT2D eigenvalue weighted by Crippen LogP contribution is 2.32. The summed E-state index contributed by atoms with van der Waals surface area (Å²) < 4.78 is 0. The maximum absolute atomic E-state index is 11.2. The average molecular weight is 251 g/mol. The third-order valence-electron chi connectivity index (χ3n) is 4.90. The van der Waals surface area contributed by atoms with Gasteiger partial charge in [0.05, 0.1) is 0 Å². The lowest BCUT2D eigenvalue weighted by atomic mass is 9.92. The summed E-state index contributed by atoms with van der Waals surface area (Å²) in [7, 11) is 0. The van der Waals surface area contributed by atoms with Crippen LogP contribution in [0.25, 0.3) is 0 Å². The second-order valence-electron chi connectivity index (χ2n) is 6.11. The summed E-state index contributed by atoms with van der Waals surface area (Å²) >= 11 is 0. The molecular formula is C14H25N3O. The number of hydrogen-bond donors (Lipinski definition) is 3. The molecule has 3 rings (SSSR count). The minimum absolute atomic E-state index is 0.216. The number of rotatable bonds is 3. The molecule has 2 heterocycles. The van der Waals surface area contributed by atoms with Crippen molar-refractivity contribution in [3.8, 4) is 0 Å². The third kappa shape index (κ3) is 2.69. The van der Waals surface area contributed by atoms with Gasteiger partial charge in [-0.1, -0.05) is 6.42 Å². The van der Waals surface area contributed by atoms with Crippen molar-refractivity contribution < 1.29 is 4.79 Å². The van der Waals surface area contributed by atoms with E-state index < -0.39 is 0 Å². The zero-order valence-electron chi connectivity index (χ0n) is 11.1. The average Bonchev–Trinajstić information content (AvgIpc) is 3.02. The normalized spacial score (nSPS) is 41.0. The van der Waals surface area contributed by atoms with Crippen molar-refractivity contribution in [3.05, 3.63) is 0 Å². The van der Waals surface area contributed by atoms with Crippen LogP contribution in [0, 0.1) is 5.92 Å².